The number of ether oxygens (including phenoxy) is 2. The molecule has 4 aromatic heterocycles. The Morgan fingerprint density at radius 2 is 1.17 bits per heavy atom. The SMILES string of the molecule is COCC(C)N.COCC(C)Nc1cc(-c2ncnc(Nc3cccc(Cl)c3)n2)ccn1.Clc1cccc(Nc2ncnc(-c3ccnc(Cl)c3)n2)c1. The van der Waals surface area contributed by atoms with Crippen molar-refractivity contribution >= 4 is 63.9 Å². The number of nitrogens with zero attached hydrogens (tertiary/aromatic N) is 8. The van der Waals surface area contributed by atoms with Crippen molar-refractivity contribution in [3.05, 3.63) is 113 Å². The van der Waals surface area contributed by atoms with Gasteiger partial charge in [0.2, 0.25) is 11.9 Å². The number of benzene rings is 2. The highest BCUT2D eigenvalue weighted by Gasteiger charge is 2.09. The summed E-state index contributed by atoms with van der Waals surface area (Å²) in [4.78, 5) is 33.7. The molecular weight excluding hydrogens is 739 g/mol. The Labute approximate surface area is 323 Å². The summed E-state index contributed by atoms with van der Waals surface area (Å²) in [6.07, 6.45) is 6.22. The van der Waals surface area contributed by atoms with E-state index < -0.39 is 0 Å². The molecule has 4 heterocycles. The molecule has 0 amide bonds. The summed E-state index contributed by atoms with van der Waals surface area (Å²) in [6, 6.07) is 22.2. The van der Waals surface area contributed by atoms with E-state index in [1.54, 1.807) is 56.9 Å². The lowest BCUT2D eigenvalue weighted by Gasteiger charge is -2.13. The Balaban J connectivity index is 0.000000209. The van der Waals surface area contributed by atoms with Crippen molar-refractivity contribution in [1.82, 2.24) is 39.9 Å². The molecule has 2 unspecified atom stereocenters. The topological polar surface area (TPSA) is 184 Å². The standard InChI is InChI=1S/C18H19ClN6O.C14H9Cl2N5.C4H11NO/c1-12(10-26-2)23-16-8-13(6-7-20-16)17-21-11-22-18(25-17)24-15-5-3-4-14(19)9-15;15-10-2-1-3-11(7-10)20-14-19-8-18-13(21-14)9-4-5-17-12(16)6-9;1-4(5)3-6-2/h3-9,11-12H,10H2,1-2H3,(H,20,23)(H,21,22,24,25);1-8H,(H,18,19,20,21);4H,3,5H2,1-2H3. The third-order valence-electron chi connectivity index (χ3n) is 6.55. The van der Waals surface area contributed by atoms with Crippen LogP contribution < -0.4 is 21.7 Å². The Hall–Kier alpha value is -5.09. The van der Waals surface area contributed by atoms with Crippen molar-refractivity contribution in [3.63, 3.8) is 0 Å². The molecule has 0 bridgehead atoms. The predicted molar refractivity (Wildman–Crippen MR) is 211 cm³/mol. The molecule has 14 nitrogen and oxygen atoms in total. The van der Waals surface area contributed by atoms with Gasteiger partial charge in [0.05, 0.1) is 13.2 Å². The lowest BCUT2D eigenvalue weighted by molar-refractivity contribution is 0.185. The third kappa shape index (κ3) is 14.5. The van der Waals surface area contributed by atoms with Gasteiger partial charge in [-0.15, -0.1) is 0 Å². The van der Waals surface area contributed by atoms with Gasteiger partial charge in [0.1, 0.15) is 23.6 Å². The summed E-state index contributed by atoms with van der Waals surface area (Å²) in [5.41, 5.74) is 8.49. The number of anilines is 5. The molecule has 2 atom stereocenters. The monoisotopic (exact) mass is 776 g/mol. The molecular formula is C36H39Cl3N12O2. The summed E-state index contributed by atoms with van der Waals surface area (Å²) in [6.45, 7) is 5.17. The maximum absolute atomic E-state index is 6.00. The zero-order valence-corrected chi connectivity index (χ0v) is 31.7. The van der Waals surface area contributed by atoms with E-state index in [1.807, 2.05) is 56.3 Å². The molecule has 6 aromatic rings. The second-order valence-corrected chi connectivity index (χ2v) is 12.5. The van der Waals surface area contributed by atoms with E-state index in [9.17, 15) is 0 Å². The fraction of sp³-hybridized carbons (Fsp3) is 0.222. The first kappa shape index (κ1) is 40.7. The molecule has 0 aliphatic rings. The van der Waals surface area contributed by atoms with Gasteiger partial charge in [-0.3, -0.25) is 0 Å². The second kappa shape index (κ2) is 21.4. The maximum Gasteiger partial charge on any atom is 0.230 e. The second-order valence-electron chi connectivity index (χ2n) is 11.3. The van der Waals surface area contributed by atoms with E-state index in [4.69, 9.17) is 45.3 Å². The van der Waals surface area contributed by atoms with Crippen LogP contribution in [-0.2, 0) is 9.47 Å². The van der Waals surface area contributed by atoms with Crippen molar-refractivity contribution in [1.29, 1.82) is 0 Å². The largest absolute Gasteiger partial charge is 0.383 e. The maximum atomic E-state index is 6.00. The molecule has 0 saturated heterocycles. The van der Waals surface area contributed by atoms with Crippen LogP contribution in [0.3, 0.4) is 0 Å². The zero-order chi connectivity index (χ0) is 38.0. The van der Waals surface area contributed by atoms with E-state index >= 15 is 0 Å². The first-order valence-corrected chi connectivity index (χ1v) is 17.3. The molecule has 0 aliphatic heterocycles. The Morgan fingerprint density at radius 1 is 0.642 bits per heavy atom. The van der Waals surface area contributed by atoms with Crippen LogP contribution in [0.25, 0.3) is 22.8 Å². The van der Waals surface area contributed by atoms with Gasteiger partial charge >= 0.3 is 0 Å². The van der Waals surface area contributed by atoms with Crippen LogP contribution in [0.1, 0.15) is 13.8 Å². The first-order valence-electron chi connectivity index (χ1n) is 16.1. The average molecular weight is 778 g/mol. The quantitative estimate of drug-likeness (QED) is 0.0885. The van der Waals surface area contributed by atoms with Gasteiger partial charge in [0, 0.05) is 71.2 Å². The first-order chi connectivity index (χ1) is 25.6. The summed E-state index contributed by atoms with van der Waals surface area (Å²) in [5.74, 6) is 2.66. The average Bonchev–Trinajstić information content (AvgIpc) is 3.13. The van der Waals surface area contributed by atoms with Gasteiger partial charge in [-0.25, -0.2) is 29.9 Å². The minimum absolute atomic E-state index is 0.140. The molecule has 0 radical (unpaired) electrons. The van der Waals surface area contributed by atoms with E-state index in [0.29, 0.717) is 52.0 Å². The highest BCUT2D eigenvalue weighted by atomic mass is 35.5. The molecule has 0 fully saturated rings. The number of halogens is 3. The molecule has 6 rings (SSSR count). The minimum atomic E-state index is 0.140. The molecule has 0 saturated carbocycles. The predicted octanol–water partition coefficient (Wildman–Crippen LogP) is 7.74. The fourth-order valence-electron chi connectivity index (χ4n) is 4.38. The lowest BCUT2D eigenvalue weighted by atomic mass is 10.2. The van der Waals surface area contributed by atoms with Crippen LogP contribution >= 0.6 is 34.8 Å². The van der Waals surface area contributed by atoms with Gasteiger partial charge in [-0.1, -0.05) is 46.9 Å². The van der Waals surface area contributed by atoms with E-state index in [1.165, 1.54) is 12.7 Å². The van der Waals surface area contributed by atoms with Crippen molar-refractivity contribution in [3.8, 4) is 22.8 Å². The van der Waals surface area contributed by atoms with Gasteiger partial charge in [0.15, 0.2) is 11.6 Å². The molecule has 2 aromatic carbocycles. The summed E-state index contributed by atoms with van der Waals surface area (Å²) in [5, 5.41) is 11.1. The Morgan fingerprint density at radius 3 is 1.64 bits per heavy atom. The van der Waals surface area contributed by atoms with Crippen LogP contribution in [0.15, 0.2) is 97.8 Å². The van der Waals surface area contributed by atoms with Crippen LogP contribution in [-0.4, -0.2) is 79.4 Å². The van der Waals surface area contributed by atoms with Gasteiger partial charge in [0.25, 0.3) is 0 Å². The summed E-state index contributed by atoms with van der Waals surface area (Å²) < 4.78 is 9.81. The Bertz CT molecular complexity index is 2030. The summed E-state index contributed by atoms with van der Waals surface area (Å²) >= 11 is 17.8. The number of nitrogens with one attached hydrogen (secondary N) is 3. The smallest absolute Gasteiger partial charge is 0.230 e. The number of aromatic nitrogens is 8. The number of rotatable bonds is 12. The van der Waals surface area contributed by atoms with Crippen LogP contribution in [0.4, 0.5) is 29.1 Å². The van der Waals surface area contributed by atoms with E-state index in [0.717, 1.165) is 28.3 Å². The fourth-order valence-corrected chi connectivity index (χ4v) is 4.93. The van der Waals surface area contributed by atoms with Crippen LogP contribution in [0.5, 0.6) is 0 Å². The number of nitrogens with two attached hydrogens (primary N) is 1. The van der Waals surface area contributed by atoms with Crippen molar-refractivity contribution in [2.24, 2.45) is 5.73 Å². The molecule has 0 aliphatic carbocycles. The molecule has 5 N–H and O–H groups in total. The highest BCUT2D eigenvalue weighted by Crippen LogP contribution is 2.23. The number of pyridine rings is 2. The van der Waals surface area contributed by atoms with Crippen LogP contribution in [0, 0.1) is 0 Å². The van der Waals surface area contributed by atoms with Crippen molar-refractivity contribution in [2.75, 3.05) is 43.4 Å². The van der Waals surface area contributed by atoms with Crippen molar-refractivity contribution < 1.29 is 9.47 Å². The van der Waals surface area contributed by atoms with Gasteiger partial charge in [-0.2, -0.15) is 9.97 Å². The number of hydrogen-bond acceptors (Lipinski definition) is 14. The number of methoxy groups -OCH3 is 2. The number of hydrogen-bond donors (Lipinski definition) is 4. The highest BCUT2D eigenvalue weighted by molar-refractivity contribution is 6.31. The Kier molecular flexibility index (Phi) is 16.5. The van der Waals surface area contributed by atoms with E-state index in [2.05, 4.69) is 60.6 Å². The lowest BCUT2D eigenvalue weighted by Crippen LogP contribution is -2.21. The minimum Gasteiger partial charge on any atom is -0.383 e. The normalized spacial score (nSPS) is 11.5. The molecule has 0 spiro atoms. The van der Waals surface area contributed by atoms with Crippen LogP contribution in [0.2, 0.25) is 15.2 Å². The van der Waals surface area contributed by atoms with E-state index in [-0.39, 0.29) is 12.1 Å². The molecule has 17 heteroatoms. The molecule has 53 heavy (non-hydrogen) atoms. The third-order valence-corrected chi connectivity index (χ3v) is 7.23. The van der Waals surface area contributed by atoms with Gasteiger partial charge < -0.3 is 31.2 Å². The molecule has 276 valence electrons. The summed E-state index contributed by atoms with van der Waals surface area (Å²) in [7, 11) is 3.31. The zero-order valence-electron chi connectivity index (χ0n) is 29.4. The van der Waals surface area contributed by atoms with Crippen molar-refractivity contribution in [2.45, 2.75) is 25.9 Å². The van der Waals surface area contributed by atoms with Gasteiger partial charge in [-0.05, 0) is 74.5 Å².